The van der Waals surface area contributed by atoms with E-state index >= 15 is 0 Å². The van der Waals surface area contributed by atoms with Crippen molar-refractivity contribution in [1.82, 2.24) is 0 Å². The summed E-state index contributed by atoms with van der Waals surface area (Å²) in [6, 6.07) is 14.5. The Balaban J connectivity index is 0.000000647. The van der Waals surface area contributed by atoms with E-state index in [0.717, 1.165) is 18.4 Å². The van der Waals surface area contributed by atoms with Gasteiger partial charge in [-0.25, -0.2) is 0 Å². The molecular formula is C18H22Cl2NOPTi. The molecule has 1 aliphatic heterocycles. The van der Waals surface area contributed by atoms with E-state index in [2.05, 4.69) is 42.2 Å². The first-order valence-electron chi connectivity index (χ1n) is 8.02. The molecule has 0 bridgehead atoms. The standard InChI is InChI=1S/C18H22NOP.2ClH.Ti/c1-14-9-10-16(20)18(13-14)21-17-8-4-3-7-15(17)19-11-5-2-6-12-19;;;/h3-4,7-10,13,20-21H,2,5-6,11-12H2,1H3;2*1H;/q;;;+2/p-2. The summed E-state index contributed by atoms with van der Waals surface area (Å²) in [7, 11) is 10.3. The predicted octanol–water partition coefficient (Wildman–Crippen LogP) is 4.70. The van der Waals surface area contributed by atoms with Crippen LogP contribution in [0.2, 0.25) is 0 Å². The Morgan fingerprint density at radius 2 is 1.67 bits per heavy atom. The first-order chi connectivity index (χ1) is 11.7. The molecule has 1 unspecified atom stereocenters. The minimum absolute atomic E-state index is 0.410. The first-order valence-corrected chi connectivity index (χ1v) is 13.3. The number of rotatable bonds is 3. The first kappa shape index (κ1) is 20.1. The van der Waals surface area contributed by atoms with Gasteiger partial charge in [-0.3, -0.25) is 0 Å². The van der Waals surface area contributed by atoms with Crippen LogP contribution in [0.4, 0.5) is 5.69 Å². The van der Waals surface area contributed by atoms with E-state index in [4.69, 9.17) is 18.6 Å². The third-order valence-electron chi connectivity index (χ3n) is 4.02. The quantitative estimate of drug-likeness (QED) is 0.578. The fraction of sp³-hybridized carbons (Fsp3) is 0.333. The summed E-state index contributed by atoms with van der Waals surface area (Å²) >= 11 is -0.556. The molecular weight excluding hydrogens is 396 g/mol. The van der Waals surface area contributed by atoms with E-state index in [0.29, 0.717) is 14.3 Å². The van der Waals surface area contributed by atoms with E-state index in [9.17, 15) is 5.11 Å². The van der Waals surface area contributed by atoms with Gasteiger partial charge in [-0.1, -0.05) is 38.4 Å². The van der Waals surface area contributed by atoms with Gasteiger partial charge in [0.2, 0.25) is 0 Å². The van der Waals surface area contributed by atoms with Crippen molar-refractivity contribution in [1.29, 1.82) is 0 Å². The number of phenolic OH excluding ortho intramolecular Hbond substituents is 1. The number of aryl methyl sites for hydroxylation is 1. The zero-order valence-electron chi connectivity index (χ0n) is 13.7. The van der Waals surface area contributed by atoms with Crippen molar-refractivity contribution in [3.05, 3.63) is 48.0 Å². The van der Waals surface area contributed by atoms with Crippen LogP contribution in [0.3, 0.4) is 0 Å². The second kappa shape index (κ2) is 10.7. The van der Waals surface area contributed by atoms with E-state index in [1.165, 1.54) is 35.8 Å². The van der Waals surface area contributed by atoms with Crippen LogP contribution in [0, 0.1) is 6.92 Å². The van der Waals surface area contributed by atoms with Gasteiger partial charge in [0.15, 0.2) is 0 Å². The van der Waals surface area contributed by atoms with Crippen LogP contribution in [0.25, 0.3) is 0 Å². The van der Waals surface area contributed by atoms with Crippen molar-refractivity contribution in [3.8, 4) is 5.75 Å². The average molecular weight is 418 g/mol. The molecule has 2 aromatic rings. The second-order valence-electron chi connectivity index (χ2n) is 5.78. The van der Waals surface area contributed by atoms with Crippen LogP contribution in [-0.4, -0.2) is 18.2 Å². The molecule has 1 N–H and O–H groups in total. The summed E-state index contributed by atoms with van der Waals surface area (Å²) in [4.78, 5) is 2.50. The van der Waals surface area contributed by atoms with Crippen LogP contribution < -0.4 is 15.5 Å². The van der Waals surface area contributed by atoms with Crippen molar-refractivity contribution in [2.45, 2.75) is 26.2 Å². The molecule has 24 heavy (non-hydrogen) atoms. The fourth-order valence-electron chi connectivity index (χ4n) is 2.88. The SMILES string of the molecule is Cc1ccc(O)c(Pc2ccccc2N2CCCCC2)c1.[Cl][Ti][Cl]. The Bertz CT molecular complexity index is 651. The number of hydrogen-bond donors (Lipinski definition) is 1. The number of nitrogens with zero attached hydrogens (tertiary/aromatic N) is 1. The number of phenols is 1. The number of para-hydroxylation sites is 1. The van der Waals surface area contributed by atoms with Gasteiger partial charge in [-0.2, -0.15) is 0 Å². The van der Waals surface area contributed by atoms with Gasteiger partial charge in [0.1, 0.15) is 5.75 Å². The molecule has 6 heteroatoms. The molecule has 1 heterocycles. The number of anilines is 1. The summed E-state index contributed by atoms with van der Waals surface area (Å²) in [6.07, 6.45) is 3.92. The Morgan fingerprint density at radius 3 is 2.38 bits per heavy atom. The Morgan fingerprint density at radius 1 is 1.00 bits per heavy atom. The number of benzene rings is 2. The molecule has 1 atom stereocenters. The third kappa shape index (κ3) is 5.93. The number of halogens is 2. The molecule has 0 aromatic heterocycles. The molecule has 1 fully saturated rings. The zero-order valence-corrected chi connectivity index (χ0v) is 17.8. The van der Waals surface area contributed by atoms with Gasteiger partial charge < -0.3 is 10.0 Å². The van der Waals surface area contributed by atoms with Crippen molar-refractivity contribution in [2.24, 2.45) is 0 Å². The van der Waals surface area contributed by atoms with Gasteiger partial charge in [0.25, 0.3) is 0 Å². The molecule has 3 rings (SSSR count). The third-order valence-corrected chi connectivity index (χ3v) is 5.38. The van der Waals surface area contributed by atoms with Crippen LogP contribution in [0.1, 0.15) is 24.8 Å². The van der Waals surface area contributed by atoms with Gasteiger partial charge in [-0.15, -0.1) is 0 Å². The van der Waals surface area contributed by atoms with Crippen molar-refractivity contribution in [3.63, 3.8) is 0 Å². The number of hydrogen-bond acceptors (Lipinski definition) is 2. The monoisotopic (exact) mass is 417 g/mol. The normalized spacial score (nSPS) is 14.4. The van der Waals surface area contributed by atoms with Gasteiger partial charge in [0, 0.05) is 29.4 Å². The van der Waals surface area contributed by atoms with Crippen molar-refractivity contribution in [2.75, 3.05) is 18.0 Å². The topological polar surface area (TPSA) is 23.5 Å². The Labute approximate surface area is 163 Å². The summed E-state index contributed by atoms with van der Waals surface area (Å²) in [5.74, 6) is 0.410. The van der Waals surface area contributed by atoms with Gasteiger partial charge in [-0.05, 0) is 44.4 Å². The molecule has 0 aliphatic carbocycles. The number of piperidine rings is 1. The predicted molar refractivity (Wildman–Crippen MR) is 105 cm³/mol. The molecule has 128 valence electrons. The maximum absolute atomic E-state index is 10.1. The van der Waals surface area contributed by atoms with Crippen LogP contribution in [0.5, 0.6) is 5.75 Å². The minimum atomic E-state index is -0.556. The molecule has 1 aliphatic rings. The van der Waals surface area contributed by atoms with E-state index in [1.54, 1.807) is 6.07 Å². The van der Waals surface area contributed by atoms with Crippen LogP contribution >= 0.6 is 27.2 Å². The molecule has 2 nitrogen and oxygen atoms in total. The van der Waals surface area contributed by atoms with E-state index < -0.39 is 17.0 Å². The average Bonchev–Trinajstić information content (AvgIpc) is 2.60. The van der Waals surface area contributed by atoms with E-state index in [1.807, 2.05) is 6.07 Å². The molecule has 0 amide bonds. The summed E-state index contributed by atoms with van der Waals surface area (Å²) < 4.78 is 0. The second-order valence-corrected chi connectivity index (χ2v) is 9.69. The van der Waals surface area contributed by atoms with Gasteiger partial charge >= 0.3 is 35.6 Å². The molecule has 0 radical (unpaired) electrons. The maximum atomic E-state index is 10.1. The van der Waals surface area contributed by atoms with Crippen molar-refractivity contribution < 1.29 is 22.1 Å². The fourth-order valence-corrected chi connectivity index (χ4v) is 4.24. The van der Waals surface area contributed by atoms with Crippen LogP contribution in [-0.2, 0) is 17.0 Å². The Kier molecular flexibility index (Phi) is 8.94. The molecule has 0 spiro atoms. The summed E-state index contributed by atoms with van der Waals surface area (Å²) in [6.45, 7) is 4.38. The summed E-state index contributed by atoms with van der Waals surface area (Å²) in [5, 5.41) is 12.5. The van der Waals surface area contributed by atoms with E-state index in [-0.39, 0.29) is 0 Å². The molecule has 2 aromatic carbocycles. The Hall–Kier alpha value is -0.236. The van der Waals surface area contributed by atoms with Crippen LogP contribution in [0.15, 0.2) is 42.5 Å². The summed E-state index contributed by atoms with van der Waals surface area (Å²) in [5.41, 5.74) is 2.54. The van der Waals surface area contributed by atoms with Gasteiger partial charge in [0.05, 0.1) is 0 Å². The molecule has 1 saturated heterocycles. The zero-order chi connectivity index (χ0) is 17.4. The molecule has 0 saturated carbocycles. The van der Waals surface area contributed by atoms with Crippen molar-refractivity contribution >= 4 is 43.5 Å². The number of aromatic hydroxyl groups is 1.